The molecule has 2 heterocycles. The minimum absolute atomic E-state index is 0.435. The first-order valence-corrected chi connectivity index (χ1v) is 9.37. The highest BCUT2D eigenvalue weighted by molar-refractivity contribution is 6.30. The van der Waals surface area contributed by atoms with Gasteiger partial charge in [-0.25, -0.2) is 4.98 Å². The number of halogens is 1. The number of aromatic nitrogens is 3. The molecule has 5 rings (SSSR count). The molecule has 0 aliphatic carbocycles. The highest BCUT2D eigenvalue weighted by Gasteiger charge is 2.16. The van der Waals surface area contributed by atoms with Crippen LogP contribution in [0.25, 0.3) is 33.1 Å². The Bertz CT molecular complexity index is 1260. The van der Waals surface area contributed by atoms with Crippen molar-refractivity contribution in [3.63, 3.8) is 0 Å². The van der Waals surface area contributed by atoms with E-state index in [1.54, 1.807) is 4.85 Å². The minimum atomic E-state index is 0.435. The van der Waals surface area contributed by atoms with Crippen LogP contribution < -0.4 is 4.84 Å². The van der Waals surface area contributed by atoms with E-state index < -0.39 is 0 Å². The van der Waals surface area contributed by atoms with Gasteiger partial charge in [-0.05, 0) is 23.8 Å². The minimum Gasteiger partial charge on any atom is -0.391 e. The molecule has 0 N–H and O–H groups in total. The molecule has 0 bridgehead atoms. The number of fused-ring (bicyclic) bond motifs is 3. The molecule has 0 fully saturated rings. The van der Waals surface area contributed by atoms with Crippen LogP contribution in [-0.2, 0) is 6.61 Å². The lowest BCUT2D eigenvalue weighted by Gasteiger charge is -2.10. The van der Waals surface area contributed by atoms with Gasteiger partial charge in [0, 0.05) is 16.0 Å². The van der Waals surface area contributed by atoms with Crippen LogP contribution in [0.15, 0.2) is 85.1 Å². The second-order valence-corrected chi connectivity index (χ2v) is 6.96. The van der Waals surface area contributed by atoms with Crippen molar-refractivity contribution < 1.29 is 4.84 Å². The number of hydrogen-bond acceptors (Lipinski definition) is 3. The van der Waals surface area contributed by atoms with Crippen LogP contribution in [0.5, 0.6) is 0 Å². The molecule has 28 heavy (non-hydrogen) atoms. The van der Waals surface area contributed by atoms with Gasteiger partial charge in [-0.3, -0.25) is 0 Å². The molecule has 0 radical (unpaired) electrons. The molecule has 0 saturated carbocycles. The fraction of sp³-hybridized carbons (Fsp3) is 0.0435. The summed E-state index contributed by atoms with van der Waals surface area (Å²) in [5, 5.41) is 7.13. The first kappa shape index (κ1) is 16.8. The molecule has 0 saturated heterocycles. The topological polar surface area (TPSA) is 39.9 Å². The fourth-order valence-electron chi connectivity index (χ4n) is 3.34. The molecule has 2 aromatic heterocycles. The van der Waals surface area contributed by atoms with Crippen molar-refractivity contribution >= 4 is 33.4 Å². The summed E-state index contributed by atoms with van der Waals surface area (Å²) < 4.78 is 0. The molecule has 5 aromatic rings. The largest absolute Gasteiger partial charge is 0.391 e. The third-order valence-electron chi connectivity index (χ3n) is 4.70. The summed E-state index contributed by atoms with van der Waals surface area (Å²) in [6.07, 6.45) is 1.81. The lowest BCUT2D eigenvalue weighted by Crippen LogP contribution is -2.12. The van der Waals surface area contributed by atoms with Crippen LogP contribution in [0.4, 0.5) is 0 Å². The van der Waals surface area contributed by atoms with Gasteiger partial charge in [0.2, 0.25) is 0 Å². The summed E-state index contributed by atoms with van der Waals surface area (Å²) >= 11 is 6.06. The van der Waals surface area contributed by atoms with Crippen molar-refractivity contribution in [1.82, 2.24) is 14.9 Å². The van der Waals surface area contributed by atoms with Crippen LogP contribution in [-0.4, -0.2) is 14.9 Å². The number of nitrogens with zero attached hydrogens (tertiary/aromatic N) is 3. The van der Waals surface area contributed by atoms with Crippen molar-refractivity contribution in [3.8, 4) is 11.3 Å². The summed E-state index contributed by atoms with van der Waals surface area (Å²) in [5.74, 6) is 0. The van der Waals surface area contributed by atoms with E-state index in [4.69, 9.17) is 21.4 Å². The lowest BCUT2D eigenvalue weighted by atomic mass is 10.1. The molecule has 5 heteroatoms. The number of benzene rings is 3. The van der Waals surface area contributed by atoms with E-state index >= 15 is 0 Å². The van der Waals surface area contributed by atoms with Crippen molar-refractivity contribution in [2.75, 3.05) is 0 Å². The lowest BCUT2D eigenvalue weighted by molar-refractivity contribution is 0.0799. The maximum absolute atomic E-state index is 6.06. The smallest absolute Gasteiger partial charge is 0.142 e. The Morgan fingerprint density at radius 2 is 1.57 bits per heavy atom. The number of rotatable bonds is 4. The summed E-state index contributed by atoms with van der Waals surface area (Å²) in [6.45, 7) is 0.435. The van der Waals surface area contributed by atoms with Crippen LogP contribution >= 0.6 is 11.6 Å². The van der Waals surface area contributed by atoms with Gasteiger partial charge in [0.1, 0.15) is 12.1 Å². The highest BCUT2D eigenvalue weighted by atomic mass is 35.5. The van der Waals surface area contributed by atoms with Crippen LogP contribution in [0.1, 0.15) is 5.56 Å². The van der Waals surface area contributed by atoms with E-state index in [0.717, 1.165) is 38.6 Å². The molecular formula is C23H16ClN3O. The van der Waals surface area contributed by atoms with Gasteiger partial charge in [0.05, 0.1) is 22.8 Å². The molecule has 136 valence electrons. The fourth-order valence-corrected chi connectivity index (χ4v) is 3.47. The number of hydrogen-bond donors (Lipinski definition) is 0. The Morgan fingerprint density at radius 1 is 0.821 bits per heavy atom. The molecule has 3 aromatic carbocycles. The standard InChI is InChI=1S/C23H16ClN3O/c24-18-12-10-17(11-13-18)22-20-14-25-27(28-15-16-6-2-1-3-7-16)23(20)19-8-4-5-9-21(19)26-22/h1-14H,15H2. The zero-order valence-corrected chi connectivity index (χ0v) is 15.7. The van der Waals surface area contributed by atoms with Crippen LogP contribution in [0, 0.1) is 0 Å². The van der Waals surface area contributed by atoms with Gasteiger partial charge in [-0.2, -0.15) is 0 Å². The van der Waals surface area contributed by atoms with E-state index in [0.29, 0.717) is 11.6 Å². The monoisotopic (exact) mass is 385 g/mol. The average Bonchev–Trinajstić information content (AvgIpc) is 3.17. The van der Waals surface area contributed by atoms with Crippen molar-refractivity contribution in [2.24, 2.45) is 0 Å². The molecule has 4 nitrogen and oxygen atoms in total. The second-order valence-electron chi connectivity index (χ2n) is 6.52. The first-order valence-electron chi connectivity index (χ1n) is 8.99. The van der Waals surface area contributed by atoms with Crippen molar-refractivity contribution in [2.45, 2.75) is 6.61 Å². The van der Waals surface area contributed by atoms with E-state index in [1.165, 1.54) is 0 Å². The SMILES string of the molecule is Clc1ccc(-c2nc3ccccc3c3c2cnn3OCc2ccccc2)cc1. The van der Waals surface area contributed by atoms with Gasteiger partial charge in [0.15, 0.2) is 0 Å². The number of para-hydroxylation sites is 1. The van der Waals surface area contributed by atoms with E-state index in [1.807, 2.05) is 85.1 Å². The second kappa shape index (κ2) is 6.98. The van der Waals surface area contributed by atoms with Gasteiger partial charge in [0.25, 0.3) is 0 Å². The zero-order valence-electron chi connectivity index (χ0n) is 14.9. The van der Waals surface area contributed by atoms with Crippen LogP contribution in [0.2, 0.25) is 5.02 Å². The third-order valence-corrected chi connectivity index (χ3v) is 4.95. The zero-order chi connectivity index (χ0) is 18.9. The van der Waals surface area contributed by atoms with Gasteiger partial charge < -0.3 is 4.84 Å². The van der Waals surface area contributed by atoms with Crippen molar-refractivity contribution in [3.05, 3.63) is 95.6 Å². The third kappa shape index (κ3) is 2.98. The molecule has 0 aliphatic rings. The highest BCUT2D eigenvalue weighted by Crippen LogP contribution is 2.32. The summed E-state index contributed by atoms with van der Waals surface area (Å²) in [7, 11) is 0. The molecule has 0 amide bonds. The Balaban J connectivity index is 1.67. The predicted molar refractivity (Wildman–Crippen MR) is 112 cm³/mol. The predicted octanol–water partition coefficient (Wildman–Crippen LogP) is 5.53. The van der Waals surface area contributed by atoms with Gasteiger partial charge in [-0.15, -0.1) is 5.10 Å². The van der Waals surface area contributed by atoms with E-state index in [-0.39, 0.29) is 0 Å². The first-order chi connectivity index (χ1) is 13.8. The molecular weight excluding hydrogens is 370 g/mol. The van der Waals surface area contributed by atoms with E-state index in [9.17, 15) is 0 Å². The Morgan fingerprint density at radius 3 is 2.39 bits per heavy atom. The normalized spacial score (nSPS) is 11.2. The maximum atomic E-state index is 6.06. The Kier molecular flexibility index (Phi) is 4.18. The van der Waals surface area contributed by atoms with Gasteiger partial charge in [-0.1, -0.05) is 77.1 Å². The summed E-state index contributed by atoms with van der Waals surface area (Å²) in [4.78, 5) is 12.5. The number of pyridine rings is 1. The summed E-state index contributed by atoms with van der Waals surface area (Å²) in [5.41, 5.74) is 4.74. The quantitative estimate of drug-likeness (QED) is 0.408. The average molecular weight is 386 g/mol. The maximum Gasteiger partial charge on any atom is 0.142 e. The molecule has 0 aliphatic heterocycles. The van der Waals surface area contributed by atoms with Crippen molar-refractivity contribution in [1.29, 1.82) is 0 Å². The summed E-state index contributed by atoms with van der Waals surface area (Å²) in [6, 6.07) is 25.8. The van der Waals surface area contributed by atoms with Gasteiger partial charge >= 0.3 is 0 Å². The Hall–Kier alpha value is -3.37. The Labute approximate surface area is 166 Å². The molecule has 0 unspecified atom stereocenters. The van der Waals surface area contributed by atoms with Crippen LogP contribution in [0.3, 0.4) is 0 Å². The molecule has 0 spiro atoms. The molecule has 0 atom stereocenters. The van der Waals surface area contributed by atoms with E-state index in [2.05, 4.69) is 5.10 Å².